The molecule has 0 spiro atoms. The van der Waals surface area contributed by atoms with Gasteiger partial charge in [-0.25, -0.2) is 9.67 Å². The van der Waals surface area contributed by atoms with Crippen LogP contribution in [-0.2, 0) is 4.74 Å². The van der Waals surface area contributed by atoms with Gasteiger partial charge in [0.1, 0.15) is 11.2 Å². The fourth-order valence-electron chi connectivity index (χ4n) is 4.75. The smallest absolute Gasteiger partial charge is 0.284 e. The van der Waals surface area contributed by atoms with Crippen LogP contribution in [0.4, 0.5) is 5.69 Å². The molecule has 1 unspecified atom stereocenters. The average Bonchev–Trinajstić information content (AvgIpc) is 3.60. The molecule has 234 valence electrons. The number of aryl methyl sites for hydroxylation is 1. The minimum atomic E-state index is -0.557. The zero-order valence-corrected chi connectivity index (χ0v) is 27.4. The van der Waals surface area contributed by atoms with Gasteiger partial charge in [-0.1, -0.05) is 37.8 Å². The maximum absolute atomic E-state index is 13.8. The van der Waals surface area contributed by atoms with E-state index in [9.17, 15) is 9.59 Å². The topological polar surface area (TPSA) is 125 Å². The molecule has 44 heavy (non-hydrogen) atoms. The molecule has 11 nitrogen and oxygen atoms in total. The van der Waals surface area contributed by atoms with Gasteiger partial charge >= 0.3 is 0 Å². The van der Waals surface area contributed by atoms with Gasteiger partial charge in [0.2, 0.25) is 5.88 Å². The molecule has 4 rings (SSSR count). The molecule has 0 fully saturated rings. The largest absolute Gasteiger partial charge is 0.480 e. The molecule has 1 atom stereocenters. The number of nitrogens with zero attached hydrogens (tertiary/aromatic N) is 5. The molecule has 0 aliphatic carbocycles. The van der Waals surface area contributed by atoms with E-state index in [0.29, 0.717) is 27.2 Å². The van der Waals surface area contributed by atoms with Crippen molar-refractivity contribution >= 4 is 57.4 Å². The van der Waals surface area contributed by atoms with Gasteiger partial charge in [0.15, 0.2) is 5.82 Å². The zero-order chi connectivity index (χ0) is 32.0. The van der Waals surface area contributed by atoms with E-state index in [1.165, 1.54) is 35.4 Å². The fourth-order valence-corrected chi connectivity index (χ4v) is 5.21. The summed E-state index contributed by atoms with van der Waals surface area (Å²) in [7, 11) is 1.44. The van der Waals surface area contributed by atoms with Gasteiger partial charge in [0.25, 0.3) is 17.0 Å². The fraction of sp³-hybridized carbons (Fsp3) is 0.419. The second-order valence-electron chi connectivity index (χ2n) is 10.9. The minimum Gasteiger partial charge on any atom is -0.480 e. The molecule has 2 N–H and O–H groups in total. The van der Waals surface area contributed by atoms with Crippen LogP contribution in [0, 0.1) is 6.92 Å². The van der Waals surface area contributed by atoms with Gasteiger partial charge in [0.05, 0.1) is 29.5 Å². The standard InChI is InChI=1S/C31H38ClN7O4S/c1-7-8-9-10-12-20(5)43-31(44)38-17-21-15-19(4)26(25(27(21)37-38)30(41)34-18(2)3)35-29(40)23-16-24(42-6)36-39(23)28-22(32)13-11-14-33-28/h11,13-18,20H,7-10,12H2,1-6H3,(H,34,41)(H,35,40). The number of carbonyl (C=O) groups excluding carboxylic acids is 2. The number of fused-ring (bicyclic) bond motifs is 1. The number of pyridine rings is 1. The molecule has 0 saturated heterocycles. The highest BCUT2D eigenvalue weighted by Crippen LogP contribution is 2.31. The predicted octanol–water partition coefficient (Wildman–Crippen LogP) is 6.49. The van der Waals surface area contributed by atoms with Crippen molar-refractivity contribution < 1.29 is 19.1 Å². The third-order valence-corrected chi connectivity index (χ3v) is 7.48. The van der Waals surface area contributed by atoms with Crippen LogP contribution in [0.1, 0.15) is 86.2 Å². The number of amides is 2. The Kier molecular flexibility index (Phi) is 10.9. The molecular formula is C31H38ClN7O4S. The van der Waals surface area contributed by atoms with E-state index < -0.39 is 11.8 Å². The van der Waals surface area contributed by atoms with Gasteiger partial charge in [-0.3, -0.25) is 9.59 Å². The molecule has 4 aromatic rings. The van der Waals surface area contributed by atoms with Crippen LogP contribution < -0.4 is 15.4 Å². The van der Waals surface area contributed by atoms with Crippen LogP contribution in [0.15, 0.2) is 36.7 Å². The number of unbranched alkanes of at least 4 members (excludes halogenated alkanes) is 3. The number of hydrogen-bond donors (Lipinski definition) is 2. The Balaban J connectivity index is 1.72. The molecule has 0 saturated carbocycles. The first-order valence-corrected chi connectivity index (χ1v) is 15.4. The first kappa shape index (κ1) is 32.9. The van der Waals surface area contributed by atoms with Crippen LogP contribution in [0.2, 0.25) is 5.02 Å². The average molecular weight is 640 g/mol. The van der Waals surface area contributed by atoms with E-state index in [2.05, 4.69) is 32.7 Å². The van der Waals surface area contributed by atoms with Gasteiger partial charge in [-0.15, -0.1) is 5.10 Å². The van der Waals surface area contributed by atoms with Crippen molar-refractivity contribution in [1.29, 1.82) is 0 Å². The monoisotopic (exact) mass is 639 g/mol. The minimum absolute atomic E-state index is 0.0820. The lowest BCUT2D eigenvalue weighted by atomic mass is 10.0. The number of thiocarbonyl (C=S) groups is 1. The van der Waals surface area contributed by atoms with Crippen LogP contribution in [0.3, 0.4) is 0 Å². The number of anilines is 1. The highest BCUT2D eigenvalue weighted by molar-refractivity contribution is 7.80. The summed E-state index contributed by atoms with van der Waals surface area (Å²) in [5.74, 6) is -0.518. The van der Waals surface area contributed by atoms with Crippen LogP contribution in [-0.4, -0.2) is 60.8 Å². The lowest BCUT2D eigenvalue weighted by Crippen LogP contribution is -2.31. The maximum Gasteiger partial charge on any atom is 0.284 e. The van der Waals surface area contributed by atoms with E-state index in [-0.39, 0.29) is 40.3 Å². The maximum atomic E-state index is 13.8. The number of halogens is 1. The van der Waals surface area contributed by atoms with E-state index >= 15 is 0 Å². The van der Waals surface area contributed by atoms with Crippen molar-refractivity contribution in [2.24, 2.45) is 0 Å². The normalized spacial score (nSPS) is 11.9. The second kappa shape index (κ2) is 14.6. The number of carbonyl (C=O) groups is 2. The Morgan fingerprint density at radius 2 is 1.89 bits per heavy atom. The number of rotatable bonds is 12. The summed E-state index contributed by atoms with van der Waals surface area (Å²) in [6.07, 6.45) is 8.62. The van der Waals surface area contributed by atoms with Crippen LogP contribution >= 0.6 is 23.8 Å². The van der Waals surface area contributed by atoms with Gasteiger partial charge in [0, 0.05) is 29.9 Å². The Morgan fingerprint density at radius 3 is 2.57 bits per heavy atom. The summed E-state index contributed by atoms with van der Waals surface area (Å²) in [4.78, 5) is 31.7. The molecule has 3 aromatic heterocycles. The van der Waals surface area contributed by atoms with E-state index in [1.807, 2.05) is 26.8 Å². The summed E-state index contributed by atoms with van der Waals surface area (Å²) in [5.41, 5.74) is 1.60. The number of benzene rings is 1. The number of aromatic nitrogens is 5. The first-order chi connectivity index (χ1) is 21.0. The number of nitrogens with one attached hydrogen (secondary N) is 2. The Morgan fingerprint density at radius 1 is 1.11 bits per heavy atom. The Labute approximate surface area is 267 Å². The van der Waals surface area contributed by atoms with Crippen molar-refractivity contribution in [1.82, 2.24) is 29.9 Å². The van der Waals surface area contributed by atoms with Crippen LogP contribution in [0.25, 0.3) is 16.7 Å². The number of hydrogen-bond acceptors (Lipinski definition) is 8. The molecule has 0 aliphatic rings. The highest BCUT2D eigenvalue weighted by Gasteiger charge is 2.26. The van der Waals surface area contributed by atoms with Gasteiger partial charge < -0.3 is 20.1 Å². The summed E-state index contributed by atoms with van der Waals surface area (Å²) in [5, 5.41) is 16.0. The lowest BCUT2D eigenvalue weighted by molar-refractivity contribution is 0.0945. The predicted molar refractivity (Wildman–Crippen MR) is 175 cm³/mol. The van der Waals surface area contributed by atoms with Crippen molar-refractivity contribution in [2.75, 3.05) is 12.4 Å². The SMILES string of the molecule is CCCCCCC(C)OC(=S)n1cc2cc(C)c(NC(=O)c3cc(OC)nn3-c3ncccc3Cl)c(C(=O)NC(C)C)c2n1. The van der Waals surface area contributed by atoms with E-state index in [4.69, 9.17) is 33.3 Å². The summed E-state index contributed by atoms with van der Waals surface area (Å²) >= 11 is 11.9. The van der Waals surface area contributed by atoms with Crippen LogP contribution in [0.5, 0.6) is 5.88 Å². The Bertz CT molecular complexity index is 1670. The second-order valence-corrected chi connectivity index (χ2v) is 11.6. The third kappa shape index (κ3) is 7.54. The van der Waals surface area contributed by atoms with E-state index in [1.54, 1.807) is 31.5 Å². The number of ether oxygens (including phenoxy) is 2. The molecule has 3 heterocycles. The molecule has 1 aromatic carbocycles. The summed E-state index contributed by atoms with van der Waals surface area (Å²) < 4.78 is 14.0. The quantitative estimate of drug-likeness (QED) is 0.133. The molecular weight excluding hydrogens is 602 g/mol. The first-order valence-electron chi connectivity index (χ1n) is 14.6. The summed E-state index contributed by atoms with van der Waals surface area (Å²) in [6, 6.07) is 6.46. The zero-order valence-electron chi connectivity index (χ0n) is 25.8. The molecule has 13 heteroatoms. The van der Waals surface area contributed by atoms with Crippen molar-refractivity contribution in [3.05, 3.63) is 58.5 Å². The molecule has 0 radical (unpaired) electrons. The molecule has 0 bridgehead atoms. The Hall–Kier alpha value is -4.03. The van der Waals surface area contributed by atoms with Gasteiger partial charge in [-0.2, -0.15) is 9.78 Å². The van der Waals surface area contributed by atoms with Crippen molar-refractivity contribution in [3.63, 3.8) is 0 Å². The van der Waals surface area contributed by atoms with Crippen molar-refractivity contribution in [2.45, 2.75) is 78.9 Å². The van der Waals surface area contributed by atoms with Crippen molar-refractivity contribution in [3.8, 4) is 11.7 Å². The number of methoxy groups -OCH3 is 1. The summed E-state index contributed by atoms with van der Waals surface area (Å²) in [6.45, 7) is 9.68. The molecule has 0 aliphatic heterocycles. The molecule has 2 amide bonds. The lowest BCUT2D eigenvalue weighted by Gasteiger charge is -2.16. The third-order valence-electron chi connectivity index (χ3n) is 6.90. The highest BCUT2D eigenvalue weighted by atomic mass is 35.5. The van der Waals surface area contributed by atoms with E-state index in [0.717, 1.165) is 19.3 Å². The van der Waals surface area contributed by atoms with Gasteiger partial charge in [-0.05, 0) is 76.5 Å².